The lowest BCUT2D eigenvalue weighted by molar-refractivity contribution is -0.150. The van der Waals surface area contributed by atoms with E-state index >= 15 is 0 Å². The maximum Gasteiger partial charge on any atom is 0.237 e. The van der Waals surface area contributed by atoms with Gasteiger partial charge in [-0.3, -0.25) is 9.59 Å². The fourth-order valence-corrected chi connectivity index (χ4v) is 2.79. The lowest BCUT2D eigenvalue weighted by atomic mass is 9.78. The van der Waals surface area contributed by atoms with Crippen LogP contribution in [-0.2, 0) is 14.3 Å². The molecule has 20 heavy (non-hydrogen) atoms. The van der Waals surface area contributed by atoms with Gasteiger partial charge in [-0.2, -0.15) is 0 Å². The van der Waals surface area contributed by atoms with Crippen molar-refractivity contribution in [2.45, 2.75) is 26.7 Å². The number of nitrogens with two attached hydrogens (primary N) is 1. The van der Waals surface area contributed by atoms with Crippen LogP contribution >= 0.6 is 0 Å². The summed E-state index contributed by atoms with van der Waals surface area (Å²) in [6, 6.07) is 0. The second-order valence-corrected chi connectivity index (χ2v) is 6.01. The van der Waals surface area contributed by atoms with Crippen molar-refractivity contribution in [3.05, 3.63) is 0 Å². The van der Waals surface area contributed by atoms with E-state index in [1.165, 1.54) is 0 Å². The smallest absolute Gasteiger partial charge is 0.237 e. The summed E-state index contributed by atoms with van der Waals surface area (Å²) >= 11 is 0. The van der Waals surface area contributed by atoms with Gasteiger partial charge in [0.2, 0.25) is 11.8 Å². The number of rotatable bonds is 7. The molecular formula is C14H27N3O3. The number of hydrogen-bond acceptors (Lipinski definition) is 4. The van der Waals surface area contributed by atoms with E-state index < -0.39 is 11.3 Å². The number of hydrogen-bond donors (Lipinski definition) is 2. The Kier molecular flexibility index (Phi) is 6.42. The van der Waals surface area contributed by atoms with Crippen LogP contribution in [0, 0.1) is 11.3 Å². The molecule has 2 amide bonds. The molecule has 1 saturated heterocycles. The van der Waals surface area contributed by atoms with E-state index in [-0.39, 0.29) is 12.5 Å². The van der Waals surface area contributed by atoms with Gasteiger partial charge < -0.3 is 20.7 Å². The van der Waals surface area contributed by atoms with Crippen molar-refractivity contribution in [3.8, 4) is 0 Å². The number of primary amides is 1. The minimum atomic E-state index is -0.523. The van der Waals surface area contributed by atoms with Crippen molar-refractivity contribution in [2.75, 3.05) is 39.9 Å². The van der Waals surface area contributed by atoms with Gasteiger partial charge >= 0.3 is 0 Å². The normalized spacial score (nSPS) is 18.0. The number of piperidine rings is 1. The summed E-state index contributed by atoms with van der Waals surface area (Å²) in [5.41, 5.74) is 4.75. The molecule has 0 radical (unpaired) electrons. The largest absolute Gasteiger partial charge is 0.384 e. The number of carbonyl (C=O) groups is 2. The first-order valence-corrected chi connectivity index (χ1v) is 7.18. The van der Waals surface area contributed by atoms with E-state index in [1.54, 1.807) is 12.0 Å². The molecule has 0 aliphatic carbocycles. The molecule has 0 bridgehead atoms. The van der Waals surface area contributed by atoms with Crippen molar-refractivity contribution in [1.29, 1.82) is 0 Å². The average Bonchev–Trinajstić information content (AvgIpc) is 2.37. The van der Waals surface area contributed by atoms with Crippen LogP contribution in [0.3, 0.4) is 0 Å². The second kappa shape index (κ2) is 7.59. The van der Waals surface area contributed by atoms with E-state index in [4.69, 9.17) is 10.5 Å². The van der Waals surface area contributed by atoms with E-state index in [0.29, 0.717) is 19.1 Å². The van der Waals surface area contributed by atoms with Crippen molar-refractivity contribution < 1.29 is 14.3 Å². The Labute approximate surface area is 121 Å². The molecule has 1 aliphatic rings. The van der Waals surface area contributed by atoms with Gasteiger partial charge in [-0.05, 0) is 31.8 Å². The van der Waals surface area contributed by atoms with E-state index in [2.05, 4.69) is 5.32 Å². The Morgan fingerprint density at radius 3 is 2.40 bits per heavy atom. The Balaban J connectivity index is 2.89. The van der Waals surface area contributed by atoms with Gasteiger partial charge in [-0.1, -0.05) is 13.8 Å². The topological polar surface area (TPSA) is 84.7 Å². The van der Waals surface area contributed by atoms with Crippen LogP contribution < -0.4 is 11.1 Å². The molecule has 0 saturated carbocycles. The van der Waals surface area contributed by atoms with Gasteiger partial charge in [-0.25, -0.2) is 0 Å². The van der Waals surface area contributed by atoms with Gasteiger partial charge in [0.1, 0.15) is 0 Å². The van der Waals surface area contributed by atoms with Crippen LogP contribution in [0.5, 0.6) is 0 Å². The highest BCUT2D eigenvalue weighted by Gasteiger charge is 2.42. The quantitative estimate of drug-likeness (QED) is 0.688. The Hall–Kier alpha value is -1.14. The van der Waals surface area contributed by atoms with E-state index in [9.17, 15) is 9.59 Å². The lowest BCUT2D eigenvalue weighted by Crippen LogP contribution is -2.53. The van der Waals surface area contributed by atoms with Crippen LogP contribution in [0.15, 0.2) is 0 Å². The van der Waals surface area contributed by atoms with Crippen molar-refractivity contribution in [1.82, 2.24) is 10.2 Å². The Bertz CT molecular complexity index is 333. The van der Waals surface area contributed by atoms with Gasteiger partial charge in [0.25, 0.3) is 0 Å². The molecule has 1 fully saturated rings. The molecule has 3 N–H and O–H groups in total. The fourth-order valence-electron chi connectivity index (χ4n) is 2.79. The predicted molar refractivity (Wildman–Crippen MR) is 77.0 cm³/mol. The molecule has 1 heterocycles. The number of amides is 2. The van der Waals surface area contributed by atoms with Gasteiger partial charge in [0, 0.05) is 13.7 Å². The zero-order valence-corrected chi connectivity index (χ0v) is 12.8. The number of methoxy groups -OCH3 is 1. The van der Waals surface area contributed by atoms with Crippen molar-refractivity contribution >= 4 is 11.8 Å². The van der Waals surface area contributed by atoms with Crippen LogP contribution in [0.25, 0.3) is 0 Å². The summed E-state index contributed by atoms with van der Waals surface area (Å²) in [5.74, 6) is -0.187. The highest BCUT2D eigenvalue weighted by atomic mass is 16.5. The average molecular weight is 285 g/mol. The highest BCUT2D eigenvalue weighted by Crippen LogP contribution is 2.31. The maximum absolute atomic E-state index is 12.9. The van der Waals surface area contributed by atoms with Crippen LogP contribution in [0.1, 0.15) is 26.7 Å². The third kappa shape index (κ3) is 4.45. The molecule has 6 heteroatoms. The predicted octanol–water partition coefficient (Wildman–Crippen LogP) is -0.0275. The Morgan fingerprint density at radius 2 is 1.95 bits per heavy atom. The summed E-state index contributed by atoms with van der Waals surface area (Å²) in [6.45, 7) is 6.54. The second-order valence-electron chi connectivity index (χ2n) is 6.01. The molecule has 0 unspecified atom stereocenters. The molecule has 6 nitrogen and oxygen atoms in total. The lowest BCUT2D eigenvalue weighted by Gasteiger charge is -2.39. The van der Waals surface area contributed by atoms with E-state index in [1.807, 2.05) is 13.8 Å². The molecule has 1 aliphatic heterocycles. The minimum Gasteiger partial charge on any atom is -0.384 e. The zero-order valence-electron chi connectivity index (χ0n) is 12.8. The first-order chi connectivity index (χ1) is 9.41. The Morgan fingerprint density at radius 1 is 1.35 bits per heavy atom. The molecule has 0 aromatic heterocycles. The first kappa shape index (κ1) is 16.9. The molecule has 0 spiro atoms. The van der Waals surface area contributed by atoms with Crippen LogP contribution in [0.2, 0.25) is 0 Å². The number of ether oxygens (including phenoxy) is 1. The summed E-state index contributed by atoms with van der Waals surface area (Å²) in [7, 11) is 1.61. The van der Waals surface area contributed by atoms with Gasteiger partial charge in [0.15, 0.2) is 0 Å². The molecule has 116 valence electrons. The molecular weight excluding hydrogens is 258 g/mol. The number of carbonyl (C=O) groups excluding carboxylic acids is 2. The summed E-state index contributed by atoms with van der Waals surface area (Å²) < 4.78 is 5.27. The maximum atomic E-state index is 12.9. The standard InChI is InChI=1S/C14H27N3O3/c1-11(2)8-17(9-12(15)18)13(19)14(10-20-3)4-6-16-7-5-14/h11,16H,4-10H2,1-3H3,(H2,15,18). The number of nitrogens with zero attached hydrogens (tertiary/aromatic N) is 1. The number of nitrogens with one attached hydrogen (secondary N) is 1. The molecule has 0 aromatic carbocycles. The fraction of sp³-hybridized carbons (Fsp3) is 0.857. The highest BCUT2D eigenvalue weighted by molar-refractivity contribution is 5.87. The van der Waals surface area contributed by atoms with Gasteiger partial charge in [-0.15, -0.1) is 0 Å². The van der Waals surface area contributed by atoms with Crippen LogP contribution in [0.4, 0.5) is 0 Å². The molecule has 0 aromatic rings. The summed E-state index contributed by atoms with van der Waals surface area (Å²) in [5, 5.41) is 3.26. The van der Waals surface area contributed by atoms with Crippen LogP contribution in [-0.4, -0.2) is 56.6 Å². The van der Waals surface area contributed by atoms with E-state index in [0.717, 1.165) is 25.9 Å². The zero-order chi connectivity index (χ0) is 15.2. The monoisotopic (exact) mass is 285 g/mol. The summed E-state index contributed by atoms with van der Waals surface area (Å²) in [4.78, 5) is 25.7. The molecule has 1 rings (SSSR count). The first-order valence-electron chi connectivity index (χ1n) is 7.18. The molecule has 0 atom stereocenters. The third-order valence-electron chi connectivity index (χ3n) is 3.65. The SMILES string of the molecule is COCC1(C(=O)N(CC(N)=O)CC(C)C)CCNCC1. The van der Waals surface area contributed by atoms with Crippen molar-refractivity contribution in [2.24, 2.45) is 17.1 Å². The van der Waals surface area contributed by atoms with Crippen molar-refractivity contribution in [3.63, 3.8) is 0 Å². The van der Waals surface area contributed by atoms with Gasteiger partial charge in [0.05, 0.1) is 18.6 Å². The minimum absolute atomic E-state index is 0.00616. The third-order valence-corrected chi connectivity index (χ3v) is 3.65. The summed E-state index contributed by atoms with van der Waals surface area (Å²) in [6.07, 6.45) is 1.46.